The molecule has 0 amide bonds. The first kappa shape index (κ1) is 68.7. The molecule has 0 saturated carbocycles. The number of carbonyl (C=O) groups is 2. The number of allylic oxidation sites excluding steroid dienone is 10. The second kappa shape index (κ2) is 57.0. The molecule has 71 heavy (non-hydrogen) atoms. The molecule has 0 saturated heterocycles. The van der Waals surface area contributed by atoms with Crippen molar-refractivity contribution in [1.29, 1.82) is 0 Å². The van der Waals surface area contributed by atoms with E-state index >= 15 is 0 Å². The molecule has 0 rings (SSSR count). The van der Waals surface area contributed by atoms with Crippen LogP contribution in [0.15, 0.2) is 60.8 Å². The molecule has 10 heteroatoms. The highest BCUT2D eigenvalue weighted by Gasteiger charge is 2.26. The van der Waals surface area contributed by atoms with Crippen molar-refractivity contribution in [2.24, 2.45) is 5.73 Å². The van der Waals surface area contributed by atoms with Gasteiger partial charge in [-0.2, -0.15) is 0 Å². The van der Waals surface area contributed by atoms with Gasteiger partial charge in [0.2, 0.25) is 0 Å². The molecule has 0 aliphatic carbocycles. The number of nitrogens with two attached hydrogens (primary N) is 1. The summed E-state index contributed by atoms with van der Waals surface area (Å²) < 4.78 is 33.1. The third-order valence-corrected chi connectivity index (χ3v) is 13.9. The summed E-state index contributed by atoms with van der Waals surface area (Å²) in [4.78, 5) is 35.2. The summed E-state index contributed by atoms with van der Waals surface area (Å²) in [7, 11) is -4.39. The normalized spacial score (nSPS) is 13.5. The number of ether oxygens (including phenoxy) is 2. The molecular formula is C61H112NO8P. The Labute approximate surface area is 438 Å². The predicted molar refractivity (Wildman–Crippen MR) is 303 cm³/mol. The molecule has 0 bridgehead atoms. The maximum atomic E-state index is 12.7. The van der Waals surface area contributed by atoms with Crippen molar-refractivity contribution in [1.82, 2.24) is 0 Å². The summed E-state index contributed by atoms with van der Waals surface area (Å²) in [5.41, 5.74) is 5.38. The van der Waals surface area contributed by atoms with Gasteiger partial charge in [0.15, 0.2) is 6.10 Å². The number of hydrogen-bond acceptors (Lipinski definition) is 8. The van der Waals surface area contributed by atoms with Crippen molar-refractivity contribution < 1.29 is 37.6 Å². The van der Waals surface area contributed by atoms with E-state index in [9.17, 15) is 19.0 Å². The van der Waals surface area contributed by atoms with Crippen molar-refractivity contribution in [3.63, 3.8) is 0 Å². The minimum absolute atomic E-state index is 0.0516. The highest BCUT2D eigenvalue weighted by molar-refractivity contribution is 7.47. The number of esters is 2. The van der Waals surface area contributed by atoms with Crippen molar-refractivity contribution in [3.05, 3.63) is 60.8 Å². The average molecular weight is 1020 g/mol. The Morgan fingerprint density at radius 2 is 0.732 bits per heavy atom. The largest absolute Gasteiger partial charge is 0.472 e. The van der Waals surface area contributed by atoms with Gasteiger partial charge in [-0.1, -0.05) is 248 Å². The van der Waals surface area contributed by atoms with E-state index in [0.29, 0.717) is 6.42 Å². The predicted octanol–water partition coefficient (Wildman–Crippen LogP) is 18.7. The van der Waals surface area contributed by atoms with E-state index in [1.54, 1.807) is 0 Å². The molecule has 0 radical (unpaired) electrons. The van der Waals surface area contributed by atoms with Gasteiger partial charge in [0.25, 0.3) is 0 Å². The molecule has 0 spiro atoms. The summed E-state index contributed by atoms with van der Waals surface area (Å²) in [5, 5.41) is 0. The summed E-state index contributed by atoms with van der Waals surface area (Å²) in [6, 6.07) is 0. The number of rotatable bonds is 56. The van der Waals surface area contributed by atoms with Crippen LogP contribution in [0.5, 0.6) is 0 Å². The smallest absolute Gasteiger partial charge is 0.462 e. The Hall–Kier alpha value is -2.29. The summed E-state index contributed by atoms with van der Waals surface area (Å²) in [5.74, 6) is -0.825. The van der Waals surface area contributed by atoms with Gasteiger partial charge in [-0.15, -0.1) is 0 Å². The highest BCUT2D eigenvalue weighted by Crippen LogP contribution is 2.43. The third-order valence-electron chi connectivity index (χ3n) is 12.9. The van der Waals surface area contributed by atoms with E-state index in [1.807, 2.05) is 0 Å². The van der Waals surface area contributed by atoms with E-state index in [0.717, 1.165) is 57.8 Å². The molecule has 2 atom stereocenters. The van der Waals surface area contributed by atoms with Crippen LogP contribution in [0.3, 0.4) is 0 Å². The first-order valence-corrected chi connectivity index (χ1v) is 31.3. The van der Waals surface area contributed by atoms with Gasteiger partial charge in [0, 0.05) is 19.4 Å². The van der Waals surface area contributed by atoms with Crippen LogP contribution in [0.25, 0.3) is 0 Å². The molecule has 414 valence electrons. The Morgan fingerprint density at radius 3 is 1.08 bits per heavy atom. The first-order valence-electron chi connectivity index (χ1n) is 29.8. The Balaban J connectivity index is 3.96. The molecule has 0 fully saturated rings. The average Bonchev–Trinajstić information content (AvgIpc) is 3.36. The standard InChI is InChI=1S/C61H112NO8P/c1-3-5-7-9-11-13-15-17-19-21-23-25-26-27-28-29-30-31-32-34-36-38-40-42-44-46-48-50-52-54-61(64)70-59(58-69-71(65,66)68-56-55-62)57-67-60(63)53-51-49-47-45-43-41-39-37-35-33-24-22-20-18-16-14-12-10-8-6-4-2/h15-18,21-24,26-27,59H,3-14,19-20,25,28-58,62H2,1-2H3,(H,65,66)/b17-15-,18-16-,23-21-,24-22-,27-26-. The highest BCUT2D eigenvalue weighted by atomic mass is 31.2. The second-order valence-electron chi connectivity index (χ2n) is 19.9. The zero-order valence-corrected chi connectivity index (χ0v) is 47.1. The fraction of sp³-hybridized carbons (Fsp3) is 0.803. The SMILES string of the molecule is CCCCCCC/C=C\C/C=C\C/C=C\CCCCCCCCCCCCCCCCC(=O)OC(COC(=O)CCCCCCCCCCC/C=C\C/C=C\CCCCCCC)COP(=O)(O)OCCN. The van der Waals surface area contributed by atoms with Gasteiger partial charge in [0.1, 0.15) is 6.61 Å². The molecular weight excluding hydrogens is 906 g/mol. The summed E-state index contributed by atoms with van der Waals surface area (Å²) in [6.07, 6.45) is 71.3. The fourth-order valence-electron chi connectivity index (χ4n) is 8.44. The van der Waals surface area contributed by atoms with Crippen molar-refractivity contribution >= 4 is 19.8 Å². The van der Waals surface area contributed by atoms with E-state index in [2.05, 4.69) is 74.6 Å². The van der Waals surface area contributed by atoms with Crippen molar-refractivity contribution in [2.75, 3.05) is 26.4 Å². The quantitative estimate of drug-likeness (QED) is 0.0264. The van der Waals surface area contributed by atoms with E-state index in [1.165, 1.54) is 193 Å². The summed E-state index contributed by atoms with van der Waals surface area (Å²) >= 11 is 0. The van der Waals surface area contributed by atoms with Crippen LogP contribution in [0.1, 0.15) is 284 Å². The molecule has 0 heterocycles. The number of phosphoric ester groups is 1. The lowest BCUT2D eigenvalue weighted by Crippen LogP contribution is -2.29. The number of carbonyl (C=O) groups excluding carboxylic acids is 2. The second-order valence-corrected chi connectivity index (χ2v) is 21.3. The van der Waals surface area contributed by atoms with Crippen molar-refractivity contribution in [2.45, 2.75) is 290 Å². The molecule has 0 aromatic carbocycles. The topological polar surface area (TPSA) is 134 Å². The van der Waals surface area contributed by atoms with Gasteiger partial charge >= 0.3 is 19.8 Å². The Morgan fingerprint density at radius 1 is 0.423 bits per heavy atom. The van der Waals surface area contributed by atoms with Crippen LogP contribution >= 0.6 is 7.82 Å². The molecule has 0 aliphatic rings. The molecule has 9 nitrogen and oxygen atoms in total. The van der Waals surface area contributed by atoms with Crippen LogP contribution in [0.2, 0.25) is 0 Å². The van der Waals surface area contributed by atoms with Gasteiger partial charge in [-0.3, -0.25) is 18.6 Å². The lowest BCUT2D eigenvalue weighted by atomic mass is 10.0. The minimum atomic E-state index is -4.39. The monoisotopic (exact) mass is 1020 g/mol. The maximum absolute atomic E-state index is 12.7. The van der Waals surface area contributed by atoms with Gasteiger partial charge in [0.05, 0.1) is 13.2 Å². The third kappa shape index (κ3) is 56.9. The number of phosphoric acid groups is 1. The van der Waals surface area contributed by atoms with Crippen LogP contribution in [0.4, 0.5) is 0 Å². The fourth-order valence-corrected chi connectivity index (χ4v) is 9.20. The van der Waals surface area contributed by atoms with Gasteiger partial charge < -0.3 is 20.1 Å². The van der Waals surface area contributed by atoms with E-state index in [4.69, 9.17) is 24.3 Å². The Bertz CT molecular complexity index is 1350. The van der Waals surface area contributed by atoms with Crippen LogP contribution in [0, 0.1) is 0 Å². The minimum Gasteiger partial charge on any atom is -0.462 e. The molecule has 2 unspecified atom stereocenters. The maximum Gasteiger partial charge on any atom is 0.472 e. The van der Waals surface area contributed by atoms with Crippen LogP contribution in [-0.2, 0) is 32.7 Å². The first-order chi connectivity index (χ1) is 34.8. The Kier molecular flexibility index (Phi) is 55.2. The van der Waals surface area contributed by atoms with Gasteiger partial charge in [-0.05, 0) is 83.5 Å². The molecule has 0 aliphatic heterocycles. The molecule has 0 aromatic rings. The number of hydrogen-bond donors (Lipinski definition) is 2. The number of unbranched alkanes of at least 4 members (excludes halogenated alkanes) is 33. The molecule has 0 aromatic heterocycles. The van der Waals surface area contributed by atoms with Crippen molar-refractivity contribution in [3.8, 4) is 0 Å². The van der Waals surface area contributed by atoms with E-state index in [-0.39, 0.29) is 38.6 Å². The lowest BCUT2D eigenvalue weighted by molar-refractivity contribution is -0.161. The molecule has 3 N–H and O–H groups in total. The van der Waals surface area contributed by atoms with Crippen LogP contribution < -0.4 is 5.73 Å². The summed E-state index contributed by atoms with van der Waals surface area (Å²) in [6.45, 7) is 3.75. The lowest BCUT2D eigenvalue weighted by Gasteiger charge is -2.19. The zero-order valence-electron chi connectivity index (χ0n) is 46.2. The van der Waals surface area contributed by atoms with Gasteiger partial charge in [-0.25, -0.2) is 4.57 Å². The zero-order chi connectivity index (χ0) is 51.7. The van der Waals surface area contributed by atoms with Crippen LogP contribution in [-0.4, -0.2) is 49.3 Å². The van der Waals surface area contributed by atoms with E-state index < -0.39 is 26.5 Å².